The molecule has 1 aromatic rings. The first kappa shape index (κ1) is 16.2. The molecule has 2 rings (SSSR count). The van der Waals surface area contributed by atoms with Gasteiger partial charge >= 0.3 is 5.97 Å². The van der Waals surface area contributed by atoms with E-state index < -0.39 is 27.4 Å². The maximum Gasteiger partial charge on any atom is 0.312 e. The van der Waals surface area contributed by atoms with Crippen LogP contribution in [-0.2, 0) is 16.0 Å². The minimum absolute atomic E-state index is 0.146. The molecule has 0 saturated heterocycles. The second-order valence-electron chi connectivity index (χ2n) is 5.75. The smallest absolute Gasteiger partial charge is 0.312 e. The Labute approximate surface area is 131 Å². The molecule has 0 saturated carbocycles. The number of nitrogens with zero attached hydrogens (tertiary/aromatic N) is 2. The molecule has 0 fully saturated rings. The van der Waals surface area contributed by atoms with Crippen molar-refractivity contribution in [3.05, 3.63) is 50.9 Å². The van der Waals surface area contributed by atoms with Crippen LogP contribution in [0.4, 0.5) is 5.69 Å². The van der Waals surface area contributed by atoms with Crippen LogP contribution in [0.25, 0.3) is 0 Å². The first-order valence-corrected chi connectivity index (χ1v) is 8.24. The third kappa shape index (κ3) is 4.17. The van der Waals surface area contributed by atoms with Gasteiger partial charge in [0, 0.05) is 6.07 Å². The van der Waals surface area contributed by atoms with Crippen LogP contribution in [0.3, 0.4) is 0 Å². The van der Waals surface area contributed by atoms with Crippen molar-refractivity contribution in [2.75, 3.05) is 0 Å². The number of hydrogen-bond acceptors (Lipinski definition) is 5. The van der Waals surface area contributed by atoms with E-state index in [0.717, 1.165) is 5.03 Å². The lowest BCUT2D eigenvalue weighted by molar-refractivity contribution is -0.386. The number of carbonyl (C=O) groups excluding carboxylic acids is 1. The molecule has 0 aliphatic carbocycles. The van der Waals surface area contributed by atoms with Crippen LogP contribution >= 0.6 is 10.9 Å². The molecule has 0 atom stereocenters. The summed E-state index contributed by atoms with van der Waals surface area (Å²) in [6.45, 7) is 5.25. The van der Waals surface area contributed by atoms with Gasteiger partial charge in [-0.1, -0.05) is 12.2 Å². The SMILES string of the molecule is CC(C)(C)OC(=O)Cc1nc([SH]2C=CC=C2)ccc1[N+](=O)[O-]. The molecule has 0 amide bonds. The second-order valence-corrected chi connectivity index (χ2v) is 7.61. The number of esters is 1. The quantitative estimate of drug-likeness (QED) is 0.398. The van der Waals surface area contributed by atoms with Crippen LogP contribution in [-0.4, -0.2) is 21.5 Å². The summed E-state index contributed by atoms with van der Waals surface area (Å²) in [5.74, 6) is -0.523. The molecule has 0 aromatic carbocycles. The third-order valence-electron chi connectivity index (χ3n) is 2.73. The van der Waals surface area contributed by atoms with Crippen molar-refractivity contribution in [1.82, 2.24) is 4.98 Å². The van der Waals surface area contributed by atoms with Gasteiger partial charge in [0.1, 0.15) is 11.3 Å². The van der Waals surface area contributed by atoms with Gasteiger partial charge in [0.25, 0.3) is 5.69 Å². The lowest BCUT2D eigenvalue weighted by atomic mass is 10.2. The maximum absolute atomic E-state index is 11.9. The molecule has 7 heteroatoms. The summed E-state index contributed by atoms with van der Waals surface area (Å²) >= 11 is 0. The Hall–Kier alpha value is -2.15. The molecule has 0 unspecified atom stereocenters. The highest BCUT2D eigenvalue weighted by Gasteiger charge is 2.23. The highest BCUT2D eigenvalue weighted by atomic mass is 32.2. The molecule has 0 spiro atoms. The number of pyridine rings is 1. The van der Waals surface area contributed by atoms with Gasteiger partial charge in [0.05, 0.1) is 16.4 Å². The van der Waals surface area contributed by atoms with Gasteiger partial charge in [-0.25, -0.2) is 4.98 Å². The standard InChI is InChI=1S/C15H18N2O4S/c1-15(2,3)21-14(18)10-11-12(17(19)20)6-7-13(16-11)22-8-4-5-9-22/h4-9,22H,10H2,1-3H3. The van der Waals surface area contributed by atoms with Gasteiger partial charge in [-0.05, 0) is 37.7 Å². The molecule has 118 valence electrons. The van der Waals surface area contributed by atoms with E-state index in [1.54, 1.807) is 26.8 Å². The molecular formula is C15H18N2O4S. The minimum atomic E-state index is -0.687. The first-order valence-electron chi connectivity index (χ1n) is 6.76. The Kier molecular flexibility index (Phi) is 4.65. The van der Waals surface area contributed by atoms with E-state index in [4.69, 9.17) is 4.74 Å². The van der Waals surface area contributed by atoms with E-state index in [1.165, 1.54) is 6.07 Å². The average molecular weight is 322 g/mol. The van der Waals surface area contributed by atoms with Gasteiger partial charge in [-0.2, -0.15) is 10.9 Å². The Morgan fingerprint density at radius 1 is 1.32 bits per heavy atom. The zero-order valence-electron chi connectivity index (χ0n) is 12.6. The van der Waals surface area contributed by atoms with Crippen LogP contribution in [0.15, 0.2) is 40.1 Å². The number of carbonyl (C=O) groups is 1. The molecule has 2 heterocycles. The van der Waals surface area contributed by atoms with E-state index in [2.05, 4.69) is 4.98 Å². The van der Waals surface area contributed by atoms with Crippen LogP contribution in [0, 0.1) is 10.1 Å². The fourth-order valence-corrected chi connectivity index (χ4v) is 3.38. The number of nitro groups is 1. The van der Waals surface area contributed by atoms with E-state index in [1.807, 2.05) is 23.0 Å². The number of aromatic nitrogens is 1. The highest BCUT2D eigenvalue weighted by molar-refractivity contribution is 8.22. The largest absolute Gasteiger partial charge is 0.460 e. The number of hydrogen-bond donors (Lipinski definition) is 1. The minimum Gasteiger partial charge on any atom is -0.460 e. The van der Waals surface area contributed by atoms with E-state index in [-0.39, 0.29) is 17.8 Å². The number of rotatable bonds is 4. The number of allylic oxidation sites excluding steroid dienone is 2. The van der Waals surface area contributed by atoms with Crippen molar-refractivity contribution in [3.8, 4) is 0 Å². The summed E-state index contributed by atoms with van der Waals surface area (Å²) in [6.07, 6.45) is 3.63. The number of ether oxygens (including phenoxy) is 1. The van der Waals surface area contributed by atoms with Crippen molar-refractivity contribution in [2.24, 2.45) is 0 Å². The van der Waals surface area contributed by atoms with E-state index in [9.17, 15) is 14.9 Å². The summed E-state index contributed by atoms with van der Waals surface area (Å²) in [4.78, 5) is 26.8. The van der Waals surface area contributed by atoms with Gasteiger partial charge < -0.3 is 4.74 Å². The molecule has 0 N–H and O–H groups in total. The van der Waals surface area contributed by atoms with Crippen LogP contribution < -0.4 is 0 Å². The molecule has 1 aromatic heterocycles. The summed E-state index contributed by atoms with van der Waals surface area (Å²) < 4.78 is 5.22. The zero-order valence-corrected chi connectivity index (χ0v) is 13.5. The lowest BCUT2D eigenvalue weighted by Crippen LogP contribution is -2.25. The topological polar surface area (TPSA) is 82.3 Å². The van der Waals surface area contributed by atoms with Crippen molar-refractivity contribution in [3.63, 3.8) is 0 Å². The van der Waals surface area contributed by atoms with Crippen molar-refractivity contribution in [2.45, 2.75) is 37.8 Å². The fraction of sp³-hybridized carbons (Fsp3) is 0.333. The Morgan fingerprint density at radius 2 is 1.95 bits per heavy atom. The maximum atomic E-state index is 11.9. The molecule has 1 aliphatic rings. The predicted octanol–water partition coefficient (Wildman–Crippen LogP) is 3.28. The van der Waals surface area contributed by atoms with E-state index in [0.29, 0.717) is 0 Å². The molecule has 22 heavy (non-hydrogen) atoms. The highest BCUT2D eigenvalue weighted by Crippen LogP contribution is 2.41. The summed E-state index contributed by atoms with van der Waals surface area (Å²) in [6, 6.07) is 3.05. The van der Waals surface area contributed by atoms with Gasteiger partial charge in [0.15, 0.2) is 0 Å². The number of thiol groups is 1. The van der Waals surface area contributed by atoms with Crippen molar-refractivity contribution < 1.29 is 14.5 Å². The Bertz CT molecular complexity index is 650. The molecule has 0 radical (unpaired) electrons. The van der Waals surface area contributed by atoms with E-state index >= 15 is 0 Å². The Balaban J connectivity index is 2.28. The normalized spacial score (nSPS) is 15.1. The van der Waals surface area contributed by atoms with Gasteiger partial charge in [0.2, 0.25) is 0 Å². The van der Waals surface area contributed by atoms with Gasteiger partial charge in [-0.3, -0.25) is 14.9 Å². The summed E-state index contributed by atoms with van der Waals surface area (Å²) in [5.41, 5.74) is -0.644. The fourth-order valence-electron chi connectivity index (χ4n) is 1.92. The predicted molar refractivity (Wildman–Crippen MR) is 86.0 cm³/mol. The Morgan fingerprint density at radius 3 is 2.50 bits per heavy atom. The molecule has 6 nitrogen and oxygen atoms in total. The summed E-state index contributed by atoms with van der Waals surface area (Å²) in [5, 5.41) is 15.9. The lowest BCUT2D eigenvalue weighted by Gasteiger charge is -2.19. The zero-order chi connectivity index (χ0) is 16.3. The second kappa shape index (κ2) is 6.31. The first-order chi connectivity index (χ1) is 10.3. The monoisotopic (exact) mass is 322 g/mol. The average Bonchev–Trinajstić information content (AvgIpc) is 2.89. The molecule has 0 bridgehead atoms. The third-order valence-corrected chi connectivity index (χ3v) is 4.50. The van der Waals surface area contributed by atoms with Crippen LogP contribution in [0.2, 0.25) is 0 Å². The van der Waals surface area contributed by atoms with Crippen molar-refractivity contribution in [1.29, 1.82) is 0 Å². The molecule has 1 aliphatic heterocycles. The van der Waals surface area contributed by atoms with Crippen LogP contribution in [0.1, 0.15) is 26.5 Å². The summed E-state index contributed by atoms with van der Waals surface area (Å²) in [7, 11) is -0.687. The van der Waals surface area contributed by atoms with Crippen molar-refractivity contribution >= 4 is 22.6 Å². The molecular weight excluding hydrogens is 304 g/mol. The van der Waals surface area contributed by atoms with Gasteiger partial charge in [-0.15, -0.1) is 0 Å². The van der Waals surface area contributed by atoms with Crippen LogP contribution in [0.5, 0.6) is 0 Å².